The molecule has 3 nitrogen and oxygen atoms in total. The van der Waals surface area contributed by atoms with Gasteiger partial charge in [-0.15, -0.1) is 0 Å². The summed E-state index contributed by atoms with van der Waals surface area (Å²) in [6, 6.07) is 7.49. The Balaban J connectivity index is 3.00. The van der Waals surface area contributed by atoms with Gasteiger partial charge in [0.1, 0.15) is 7.63 Å². The molecule has 0 aliphatic rings. The second kappa shape index (κ2) is 5.85. The van der Waals surface area contributed by atoms with Crippen LogP contribution in [-0.2, 0) is 14.3 Å². The van der Waals surface area contributed by atoms with E-state index < -0.39 is 12.2 Å². The monoisotopic (exact) mass is 219 g/mol. The summed E-state index contributed by atoms with van der Waals surface area (Å²) in [4.78, 5) is 22.1. The van der Waals surface area contributed by atoms with Crippen LogP contribution in [0.5, 0.6) is 0 Å². The van der Waals surface area contributed by atoms with E-state index in [1.165, 1.54) is 7.11 Å². The molecule has 0 bridgehead atoms. The molecule has 0 unspecified atom stereocenters. The molecule has 0 aromatic heterocycles. The van der Waals surface area contributed by atoms with Crippen LogP contribution in [0.25, 0.3) is 6.08 Å². The van der Waals surface area contributed by atoms with Crippen molar-refractivity contribution < 1.29 is 15.7 Å². The van der Waals surface area contributed by atoms with E-state index in [9.17, 15) is 9.59 Å². The van der Waals surface area contributed by atoms with Gasteiger partial charge in [-0.25, -0.2) is 4.79 Å². The molecule has 16 heavy (non-hydrogen) atoms. The molecule has 3 heteroatoms. The zero-order chi connectivity index (χ0) is 12.8. The van der Waals surface area contributed by atoms with Gasteiger partial charge in [-0.05, 0) is 18.6 Å². The van der Waals surface area contributed by atoms with Gasteiger partial charge < -0.3 is 9.53 Å². The molecule has 0 amide bonds. The molecule has 0 fully saturated rings. The van der Waals surface area contributed by atoms with Crippen LogP contribution in [0.15, 0.2) is 29.8 Å². The average molecular weight is 219 g/mol. The minimum atomic E-state index is -0.811. The Morgan fingerprint density at radius 2 is 2.06 bits per heavy atom. The van der Waals surface area contributed by atoms with Gasteiger partial charge in [0, 0.05) is 12.0 Å². The highest BCUT2D eigenvalue weighted by atomic mass is 16.5. The minimum absolute atomic E-state index is 0.191. The van der Waals surface area contributed by atoms with E-state index in [4.69, 9.17) is 1.37 Å². The van der Waals surface area contributed by atoms with Gasteiger partial charge in [-0.3, -0.25) is 0 Å². The lowest BCUT2D eigenvalue weighted by Gasteiger charge is -2.02. The standard InChI is InChI=1S/C13H14O3/c1-10-3-5-11(6-4-10)9-12(7-8-14)13(15)16-2/h3-6,8-9H,7H2,1-2H3/b12-9+/i8D. The first-order chi connectivity index (χ1) is 8.02. The first kappa shape index (κ1) is 10.6. The van der Waals surface area contributed by atoms with Crippen LogP contribution in [0.3, 0.4) is 0 Å². The number of ether oxygens (including phenoxy) is 1. The topological polar surface area (TPSA) is 43.4 Å². The summed E-state index contributed by atoms with van der Waals surface area (Å²) in [6.07, 6.45) is 0.520. The van der Waals surface area contributed by atoms with Crippen molar-refractivity contribution in [3.63, 3.8) is 0 Å². The number of benzene rings is 1. The SMILES string of the molecule is [2H]C(=O)C/C(=C\c1ccc(C)cc1)C(=O)OC. The van der Waals surface area contributed by atoms with E-state index in [0.29, 0.717) is 0 Å². The highest BCUT2D eigenvalue weighted by Gasteiger charge is 2.08. The zero-order valence-corrected chi connectivity index (χ0v) is 9.32. The number of aldehydes is 1. The Morgan fingerprint density at radius 1 is 1.44 bits per heavy atom. The molecule has 1 aromatic carbocycles. The number of hydrogen-bond acceptors (Lipinski definition) is 3. The molecule has 0 N–H and O–H groups in total. The molecule has 0 spiro atoms. The third kappa shape index (κ3) is 3.35. The molecule has 0 atom stereocenters. The number of carbonyl (C=O) groups is 2. The Kier molecular flexibility index (Phi) is 3.88. The highest BCUT2D eigenvalue weighted by molar-refractivity contribution is 5.96. The fraction of sp³-hybridized carbons (Fsp3) is 0.231. The molecule has 0 aliphatic carbocycles. The summed E-state index contributed by atoms with van der Waals surface area (Å²) in [7, 11) is 1.25. The molecule has 1 aromatic rings. The van der Waals surface area contributed by atoms with Crippen LogP contribution in [0.2, 0.25) is 0 Å². The first-order valence-electron chi connectivity index (χ1n) is 5.38. The fourth-order valence-corrected chi connectivity index (χ4v) is 1.25. The lowest BCUT2D eigenvalue weighted by Crippen LogP contribution is -2.05. The third-order valence-corrected chi connectivity index (χ3v) is 2.13. The van der Waals surface area contributed by atoms with Crippen LogP contribution < -0.4 is 0 Å². The zero-order valence-electron chi connectivity index (χ0n) is 10.3. The van der Waals surface area contributed by atoms with E-state index in [1.54, 1.807) is 6.08 Å². The lowest BCUT2D eigenvalue weighted by atomic mass is 10.1. The highest BCUT2D eigenvalue weighted by Crippen LogP contribution is 2.11. The number of rotatable bonds is 4. The second-order valence-corrected chi connectivity index (χ2v) is 3.39. The lowest BCUT2D eigenvalue weighted by molar-refractivity contribution is -0.136. The van der Waals surface area contributed by atoms with Crippen LogP contribution in [0.4, 0.5) is 0 Å². The Labute approximate surface area is 96.1 Å². The van der Waals surface area contributed by atoms with E-state index >= 15 is 0 Å². The second-order valence-electron chi connectivity index (χ2n) is 3.39. The van der Waals surface area contributed by atoms with Crippen molar-refractivity contribution in [2.75, 3.05) is 7.11 Å². The quantitative estimate of drug-likeness (QED) is 0.442. The summed E-state index contributed by atoms with van der Waals surface area (Å²) < 4.78 is 11.5. The predicted octanol–water partition coefficient (Wildman–Crippen LogP) is 2.14. The van der Waals surface area contributed by atoms with Gasteiger partial charge in [0.25, 0.3) is 0 Å². The Hall–Kier alpha value is -1.90. The van der Waals surface area contributed by atoms with E-state index in [-0.39, 0.29) is 12.0 Å². The summed E-state index contributed by atoms with van der Waals surface area (Å²) in [5.74, 6) is -0.578. The largest absolute Gasteiger partial charge is 0.466 e. The van der Waals surface area contributed by atoms with Crippen LogP contribution >= 0.6 is 0 Å². The van der Waals surface area contributed by atoms with Crippen LogP contribution in [0, 0.1) is 6.92 Å². The predicted molar refractivity (Wildman–Crippen MR) is 61.9 cm³/mol. The maximum Gasteiger partial charge on any atom is 0.334 e. The summed E-state index contributed by atoms with van der Waals surface area (Å²) >= 11 is 0. The van der Waals surface area contributed by atoms with Gasteiger partial charge in [0.05, 0.1) is 7.11 Å². The van der Waals surface area contributed by atoms with Crippen molar-refractivity contribution >= 4 is 18.3 Å². The van der Waals surface area contributed by atoms with Gasteiger partial charge in [-0.1, -0.05) is 29.8 Å². The maximum absolute atomic E-state index is 11.4. The number of methoxy groups -OCH3 is 1. The Bertz CT molecular complexity index is 446. The molecular formula is C13H14O3. The van der Waals surface area contributed by atoms with E-state index in [1.807, 2.05) is 31.2 Å². The fourth-order valence-electron chi connectivity index (χ4n) is 1.25. The number of esters is 1. The number of carbonyl (C=O) groups excluding carboxylic acids is 2. The molecule has 0 saturated carbocycles. The summed E-state index contributed by atoms with van der Waals surface area (Å²) in [5.41, 5.74) is 2.10. The smallest absolute Gasteiger partial charge is 0.334 e. The maximum atomic E-state index is 11.4. The molecular weight excluding hydrogens is 204 g/mol. The number of aryl methyl sites for hydroxylation is 1. The molecule has 0 radical (unpaired) electrons. The van der Waals surface area contributed by atoms with Crippen LogP contribution in [0.1, 0.15) is 18.9 Å². The Morgan fingerprint density at radius 3 is 2.56 bits per heavy atom. The first-order valence-corrected chi connectivity index (χ1v) is 4.88. The molecule has 0 heterocycles. The van der Waals surface area contributed by atoms with Crippen molar-refractivity contribution in [1.82, 2.24) is 0 Å². The van der Waals surface area contributed by atoms with Crippen molar-refractivity contribution in [2.45, 2.75) is 13.3 Å². The summed E-state index contributed by atoms with van der Waals surface area (Å²) in [5, 5.41) is 0. The number of hydrogen-bond donors (Lipinski definition) is 0. The van der Waals surface area contributed by atoms with Crippen molar-refractivity contribution in [2.24, 2.45) is 0 Å². The van der Waals surface area contributed by atoms with Gasteiger partial charge in [0.2, 0.25) is 0 Å². The van der Waals surface area contributed by atoms with Crippen LogP contribution in [-0.4, -0.2) is 19.3 Å². The molecule has 84 valence electrons. The molecule has 0 saturated heterocycles. The summed E-state index contributed by atoms with van der Waals surface area (Å²) in [6.45, 7) is 1.96. The van der Waals surface area contributed by atoms with Gasteiger partial charge in [-0.2, -0.15) is 0 Å². The van der Waals surface area contributed by atoms with Crippen molar-refractivity contribution in [3.8, 4) is 0 Å². The average Bonchev–Trinajstić information content (AvgIpc) is 2.29. The normalized spacial score (nSPS) is 11.9. The molecule has 0 aliphatic heterocycles. The van der Waals surface area contributed by atoms with E-state index in [0.717, 1.165) is 11.1 Å². The third-order valence-electron chi connectivity index (χ3n) is 2.13. The molecule has 1 rings (SSSR count). The van der Waals surface area contributed by atoms with Gasteiger partial charge in [0.15, 0.2) is 0 Å². The van der Waals surface area contributed by atoms with E-state index in [2.05, 4.69) is 4.74 Å². The van der Waals surface area contributed by atoms with Crippen molar-refractivity contribution in [1.29, 1.82) is 0 Å². The van der Waals surface area contributed by atoms with Crippen molar-refractivity contribution in [3.05, 3.63) is 41.0 Å². The van der Waals surface area contributed by atoms with Gasteiger partial charge >= 0.3 is 5.97 Å². The minimum Gasteiger partial charge on any atom is -0.466 e.